The Hall–Kier alpha value is -0.410. The van der Waals surface area contributed by atoms with E-state index >= 15 is 0 Å². The number of hydrogen-bond acceptors (Lipinski definition) is 7. The van der Waals surface area contributed by atoms with Crippen molar-refractivity contribution in [3.63, 3.8) is 0 Å². The molecule has 1 atom stereocenters. The second-order valence-electron chi connectivity index (χ2n) is 8.98. The molecule has 0 bridgehead atoms. The standard InChI is InChI=1S/C26H48O7S.Na/c1-3-5-6-7-8-9-10-11-12-13-14-15-16-17-18-19-20-22-32-25(27)23-24(34(29,30)31)26(28)33-21-4-2;/h4,24H,2-3,5-23H2,1H3,(H,29,30,31);/q;+1/p-1. The summed E-state index contributed by atoms with van der Waals surface area (Å²) >= 11 is 0. The van der Waals surface area contributed by atoms with Gasteiger partial charge in [0.2, 0.25) is 0 Å². The summed E-state index contributed by atoms with van der Waals surface area (Å²) in [7, 11) is -5.01. The number of ether oxygens (including phenoxy) is 2. The summed E-state index contributed by atoms with van der Waals surface area (Å²) in [5.41, 5.74) is 0. The van der Waals surface area contributed by atoms with E-state index in [2.05, 4.69) is 18.2 Å². The van der Waals surface area contributed by atoms with Gasteiger partial charge in [0.25, 0.3) is 0 Å². The van der Waals surface area contributed by atoms with E-state index in [4.69, 9.17) is 4.74 Å². The van der Waals surface area contributed by atoms with Gasteiger partial charge in [0.15, 0.2) is 5.25 Å². The fourth-order valence-corrected chi connectivity index (χ4v) is 4.40. The minimum Gasteiger partial charge on any atom is -0.747 e. The van der Waals surface area contributed by atoms with Gasteiger partial charge >= 0.3 is 41.5 Å². The number of esters is 2. The molecule has 0 spiro atoms. The van der Waals surface area contributed by atoms with Gasteiger partial charge in [-0.2, -0.15) is 0 Å². The van der Waals surface area contributed by atoms with Gasteiger partial charge in [0.1, 0.15) is 16.7 Å². The van der Waals surface area contributed by atoms with Gasteiger partial charge in [-0.1, -0.05) is 122 Å². The van der Waals surface area contributed by atoms with Crippen LogP contribution in [0.4, 0.5) is 0 Å². The van der Waals surface area contributed by atoms with Gasteiger partial charge < -0.3 is 14.0 Å². The van der Waals surface area contributed by atoms with Crippen molar-refractivity contribution in [3.05, 3.63) is 12.7 Å². The Bertz CT molecular complexity index is 638. The van der Waals surface area contributed by atoms with Crippen LogP contribution in [0.2, 0.25) is 0 Å². The Kier molecular flexibility index (Phi) is 26.5. The minimum atomic E-state index is -5.01. The molecule has 35 heavy (non-hydrogen) atoms. The second-order valence-corrected chi connectivity index (χ2v) is 10.5. The SMILES string of the molecule is C=CCOC(=O)C(CC(=O)OCCCCCCCCCCCCCCCCCCC)S(=O)(=O)[O-].[Na+]. The van der Waals surface area contributed by atoms with Gasteiger partial charge in [-0.3, -0.25) is 9.59 Å². The summed E-state index contributed by atoms with van der Waals surface area (Å²) in [6.07, 6.45) is 21.7. The van der Waals surface area contributed by atoms with E-state index in [1.165, 1.54) is 89.5 Å². The van der Waals surface area contributed by atoms with E-state index in [9.17, 15) is 22.6 Å². The van der Waals surface area contributed by atoms with Gasteiger partial charge in [0.05, 0.1) is 13.0 Å². The Morgan fingerprint density at radius 2 is 1.17 bits per heavy atom. The summed E-state index contributed by atoms with van der Waals surface area (Å²) in [6, 6.07) is 0. The van der Waals surface area contributed by atoms with Crippen LogP contribution in [-0.2, 0) is 29.2 Å². The number of carbonyl (C=O) groups excluding carboxylic acids is 2. The summed E-state index contributed by atoms with van der Waals surface area (Å²) < 4.78 is 43.2. The van der Waals surface area contributed by atoms with Crippen LogP contribution in [0, 0.1) is 0 Å². The zero-order valence-corrected chi connectivity index (χ0v) is 25.1. The van der Waals surface area contributed by atoms with E-state index in [0.29, 0.717) is 6.42 Å². The first-order valence-corrected chi connectivity index (χ1v) is 14.7. The molecular formula is C26H47NaO7S. The Morgan fingerprint density at radius 3 is 1.54 bits per heavy atom. The van der Waals surface area contributed by atoms with Crippen molar-refractivity contribution in [1.82, 2.24) is 0 Å². The molecule has 0 aliphatic rings. The molecule has 0 saturated carbocycles. The molecular weight excluding hydrogens is 479 g/mol. The molecule has 0 N–H and O–H groups in total. The van der Waals surface area contributed by atoms with Crippen molar-refractivity contribution in [1.29, 1.82) is 0 Å². The van der Waals surface area contributed by atoms with Gasteiger partial charge in [0, 0.05) is 0 Å². The van der Waals surface area contributed by atoms with Crippen molar-refractivity contribution in [3.8, 4) is 0 Å². The van der Waals surface area contributed by atoms with Crippen molar-refractivity contribution in [2.75, 3.05) is 13.2 Å². The molecule has 1 unspecified atom stereocenters. The molecule has 0 heterocycles. The second kappa shape index (κ2) is 25.2. The van der Waals surface area contributed by atoms with E-state index in [1.54, 1.807) is 0 Å². The predicted molar refractivity (Wildman–Crippen MR) is 134 cm³/mol. The number of hydrogen-bond donors (Lipinski definition) is 0. The van der Waals surface area contributed by atoms with Crippen LogP contribution in [0.25, 0.3) is 0 Å². The van der Waals surface area contributed by atoms with E-state index in [-0.39, 0.29) is 42.8 Å². The molecule has 0 aliphatic carbocycles. The maximum Gasteiger partial charge on any atom is 1.00 e. The Balaban J connectivity index is 0. The van der Waals surface area contributed by atoms with Crippen LogP contribution in [0.3, 0.4) is 0 Å². The number of unbranched alkanes of at least 4 members (excludes halogenated alkanes) is 16. The quantitative estimate of drug-likeness (QED) is 0.0624. The maximum atomic E-state index is 11.8. The minimum absolute atomic E-state index is 0. The van der Waals surface area contributed by atoms with Crippen LogP contribution in [-0.4, -0.2) is 43.4 Å². The average Bonchev–Trinajstić information content (AvgIpc) is 2.79. The van der Waals surface area contributed by atoms with Crippen LogP contribution >= 0.6 is 0 Å². The largest absolute Gasteiger partial charge is 1.00 e. The maximum absolute atomic E-state index is 11.8. The van der Waals surface area contributed by atoms with E-state index < -0.39 is 33.7 Å². The molecule has 0 rings (SSSR count). The molecule has 7 nitrogen and oxygen atoms in total. The average molecular weight is 527 g/mol. The Labute approximate surface area is 236 Å². The third kappa shape index (κ3) is 23.7. The van der Waals surface area contributed by atoms with Crippen LogP contribution in [0.5, 0.6) is 0 Å². The zero-order valence-electron chi connectivity index (χ0n) is 22.3. The number of rotatable bonds is 24. The van der Waals surface area contributed by atoms with Crippen LogP contribution < -0.4 is 29.6 Å². The predicted octanol–water partition coefficient (Wildman–Crippen LogP) is 3.22. The van der Waals surface area contributed by atoms with Crippen molar-refractivity contribution >= 4 is 22.1 Å². The zero-order chi connectivity index (χ0) is 25.5. The summed E-state index contributed by atoms with van der Waals surface area (Å²) in [4.78, 5) is 23.5. The molecule has 0 radical (unpaired) electrons. The Morgan fingerprint density at radius 1 is 0.771 bits per heavy atom. The first-order chi connectivity index (χ1) is 16.3. The van der Waals surface area contributed by atoms with Crippen LogP contribution in [0.15, 0.2) is 12.7 Å². The molecule has 0 aromatic carbocycles. The monoisotopic (exact) mass is 526 g/mol. The summed E-state index contributed by atoms with van der Waals surface area (Å²) in [5.74, 6) is -2.15. The molecule has 0 fully saturated rings. The third-order valence-electron chi connectivity index (χ3n) is 5.82. The first-order valence-electron chi connectivity index (χ1n) is 13.2. The molecule has 200 valence electrons. The fraction of sp³-hybridized carbons (Fsp3) is 0.846. The first kappa shape index (κ1) is 36.7. The third-order valence-corrected chi connectivity index (χ3v) is 6.87. The van der Waals surface area contributed by atoms with E-state index in [0.717, 1.165) is 19.3 Å². The molecule has 0 aromatic rings. The molecule has 0 amide bonds. The molecule has 9 heteroatoms. The number of carbonyl (C=O) groups is 2. The van der Waals surface area contributed by atoms with Gasteiger partial charge in [-0.05, 0) is 6.42 Å². The van der Waals surface area contributed by atoms with Crippen molar-refractivity contribution in [2.45, 2.75) is 128 Å². The topological polar surface area (TPSA) is 110 Å². The van der Waals surface area contributed by atoms with Crippen molar-refractivity contribution in [2.24, 2.45) is 0 Å². The normalized spacial score (nSPS) is 11.9. The van der Waals surface area contributed by atoms with Gasteiger partial charge in [-0.15, -0.1) is 0 Å². The summed E-state index contributed by atoms with van der Waals surface area (Å²) in [5, 5.41) is -2.09. The van der Waals surface area contributed by atoms with E-state index in [1.807, 2.05) is 0 Å². The van der Waals surface area contributed by atoms with Crippen LogP contribution in [0.1, 0.15) is 122 Å². The van der Waals surface area contributed by atoms with Gasteiger partial charge in [-0.25, -0.2) is 8.42 Å². The summed E-state index contributed by atoms with van der Waals surface area (Å²) in [6.45, 7) is 5.49. The fourth-order valence-electron chi connectivity index (χ4n) is 3.76. The smallest absolute Gasteiger partial charge is 0.747 e. The molecule has 0 saturated heterocycles. The van der Waals surface area contributed by atoms with Crippen molar-refractivity contribution < 1.29 is 61.6 Å². The molecule has 0 aliphatic heterocycles. The molecule has 0 aromatic heterocycles.